The van der Waals surface area contributed by atoms with E-state index >= 15 is 0 Å². The van der Waals surface area contributed by atoms with Gasteiger partial charge in [-0.15, -0.1) is 0 Å². The summed E-state index contributed by atoms with van der Waals surface area (Å²) in [4.78, 5) is 8.81. The molecule has 2 heterocycles. The standard InChI is InChI=1S/C16H18N4/c1-12(13-6-5-9-17-10-13)18-11-16-19-14-7-3-4-8-15(14)20(16)2/h3-10,12,18H,11H2,1-2H3/t12-/m1/s1. The molecular formula is C16H18N4. The molecule has 4 nitrogen and oxygen atoms in total. The Kier molecular flexibility index (Phi) is 3.48. The number of para-hydroxylation sites is 2. The lowest BCUT2D eigenvalue weighted by atomic mass is 10.1. The molecule has 0 spiro atoms. The summed E-state index contributed by atoms with van der Waals surface area (Å²) in [6.45, 7) is 2.88. The van der Waals surface area contributed by atoms with Crippen molar-refractivity contribution in [3.05, 3.63) is 60.2 Å². The lowest BCUT2D eigenvalue weighted by Gasteiger charge is -2.13. The van der Waals surface area contributed by atoms with E-state index in [0.717, 1.165) is 17.9 Å². The van der Waals surface area contributed by atoms with Crippen molar-refractivity contribution in [2.45, 2.75) is 19.5 Å². The summed E-state index contributed by atoms with van der Waals surface area (Å²) in [6.07, 6.45) is 3.69. The molecule has 3 aromatic rings. The van der Waals surface area contributed by atoms with Crippen LogP contribution >= 0.6 is 0 Å². The Hall–Kier alpha value is -2.20. The smallest absolute Gasteiger partial charge is 0.123 e. The lowest BCUT2D eigenvalue weighted by Crippen LogP contribution is -2.20. The maximum Gasteiger partial charge on any atom is 0.123 e. The second kappa shape index (κ2) is 5.43. The van der Waals surface area contributed by atoms with E-state index in [1.54, 1.807) is 6.20 Å². The molecule has 0 unspecified atom stereocenters. The number of pyridine rings is 1. The molecule has 20 heavy (non-hydrogen) atoms. The van der Waals surface area contributed by atoms with Crippen molar-refractivity contribution < 1.29 is 0 Å². The van der Waals surface area contributed by atoms with Crippen molar-refractivity contribution in [1.82, 2.24) is 19.9 Å². The number of rotatable bonds is 4. The number of fused-ring (bicyclic) bond motifs is 1. The molecule has 0 fully saturated rings. The molecule has 2 aromatic heterocycles. The summed E-state index contributed by atoms with van der Waals surface area (Å²) < 4.78 is 2.14. The van der Waals surface area contributed by atoms with Gasteiger partial charge >= 0.3 is 0 Å². The van der Waals surface area contributed by atoms with Gasteiger partial charge in [0.25, 0.3) is 0 Å². The zero-order valence-corrected chi connectivity index (χ0v) is 11.7. The van der Waals surface area contributed by atoms with Crippen LogP contribution < -0.4 is 5.32 Å². The van der Waals surface area contributed by atoms with Crippen LogP contribution in [0.5, 0.6) is 0 Å². The third kappa shape index (κ3) is 2.42. The van der Waals surface area contributed by atoms with Crippen LogP contribution in [0.25, 0.3) is 11.0 Å². The molecule has 1 N–H and O–H groups in total. The Balaban J connectivity index is 1.76. The molecule has 0 aliphatic heterocycles. The normalized spacial score (nSPS) is 12.7. The van der Waals surface area contributed by atoms with Crippen molar-refractivity contribution in [3.8, 4) is 0 Å². The molecule has 0 amide bonds. The fourth-order valence-corrected chi connectivity index (χ4v) is 2.35. The second-order valence-corrected chi connectivity index (χ2v) is 4.96. The van der Waals surface area contributed by atoms with Crippen molar-refractivity contribution in [1.29, 1.82) is 0 Å². The fourth-order valence-electron chi connectivity index (χ4n) is 2.35. The van der Waals surface area contributed by atoms with Crippen molar-refractivity contribution in [2.75, 3.05) is 0 Å². The number of nitrogens with one attached hydrogen (secondary N) is 1. The Bertz CT molecular complexity index is 703. The van der Waals surface area contributed by atoms with E-state index in [9.17, 15) is 0 Å². The Morgan fingerprint density at radius 2 is 2.05 bits per heavy atom. The van der Waals surface area contributed by atoms with Crippen LogP contribution in [-0.2, 0) is 13.6 Å². The molecule has 0 radical (unpaired) electrons. The van der Waals surface area contributed by atoms with E-state index in [2.05, 4.69) is 46.0 Å². The van der Waals surface area contributed by atoms with Gasteiger partial charge in [-0.3, -0.25) is 4.98 Å². The molecule has 1 atom stereocenters. The van der Waals surface area contributed by atoms with E-state index in [-0.39, 0.29) is 6.04 Å². The fraction of sp³-hybridized carbons (Fsp3) is 0.250. The summed E-state index contributed by atoms with van der Waals surface area (Å²) in [5, 5.41) is 3.49. The van der Waals surface area contributed by atoms with Gasteiger partial charge in [-0.25, -0.2) is 4.98 Å². The number of hydrogen-bond acceptors (Lipinski definition) is 3. The minimum atomic E-state index is 0.253. The number of aryl methyl sites for hydroxylation is 1. The van der Waals surface area contributed by atoms with Crippen LogP contribution in [0.3, 0.4) is 0 Å². The van der Waals surface area contributed by atoms with E-state index in [0.29, 0.717) is 0 Å². The molecule has 0 bridgehead atoms. The number of nitrogens with zero attached hydrogens (tertiary/aromatic N) is 3. The van der Waals surface area contributed by atoms with Gasteiger partial charge in [-0.2, -0.15) is 0 Å². The third-order valence-corrected chi connectivity index (χ3v) is 3.63. The molecule has 102 valence electrons. The molecule has 0 saturated carbocycles. The van der Waals surface area contributed by atoms with Gasteiger partial charge in [0, 0.05) is 25.5 Å². The van der Waals surface area contributed by atoms with Crippen LogP contribution in [0.2, 0.25) is 0 Å². The molecular weight excluding hydrogens is 248 g/mol. The average Bonchev–Trinajstić information content (AvgIpc) is 2.83. The Morgan fingerprint density at radius 1 is 1.20 bits per heavy atom. The molecule has 1 aromatic carbocycles. The molecule has 0 aliphatic rings. The highest BCUT2D eigenvalue weighted by atomic mass is 15.1. The predicted molar refractivity (Wildman–Crippen MR) is 80.2 cm³/mol. The first kappa shape index (κ1) is 12.8. The zero-order chi connectivity index (χ0) is 13.9. The van der Waals surface area contributed by atoms with Crippen molar-refractivity contribution >= 4 is 11.0 Å². The number of benzene rings is 1. The summed E-state index contributed by atoms with van der Waals surface area (Å²) in [7, 11) is 2.06. The molecule has 0 aliphatic carbocycles. The number of imidazole rings is 1. The summed E-state index contributed by atoms with van der Waals surface area (Å²) >= 11 is 0. The van der Waals surface area contributed by atoms with Gasteiger partial charge in [0.05, 0.1) is 17.6 Å². The van der Waals surface area contributed by atoms with Gasteiger partial charge in [-0.05, 0) is 30.7 Å². The van der Waals surface area contributed by atoms with E-state index < -0.39 is 0 Å². The van der Waals surface area contributed by atoms with E-state index in [1.807, 2.05) is 30.5 Å². The second-order valence-electron chi connectivity index (χ2n) is 4.96. The van der Waals surface area contributed by atoms with Gasteiger partial charge < -0.3 is 9.88 Å². The first-order valence-electron chi connectivity index (χ1n) is 6.79. The maximum atomic E-state index is 4.66. The molecule has 4 heteroatoms. The van der Waals surface area contributed by atoms with E-state index in [4.69, 9.17) is 0 Å². The minimum Gasteiger partial charge on any atom is -0.330 e. The first-order chi connectivity index (χ1) is 9.75. The number of aromatic nitrogens is 3. The quantitative estimate of drug-likeness (QED) is 0.789. The lowest BCUT2D eigenvalue weighted by molar-refractivity contribution is 0.550. The van der Waals surface area contributed by atoms with Crippen LogP contribution in [0.15, 0.2) is 48.8 Å². The van der Waals surface area contributed by atoms with E-state index in [1.165, 1.54) is 11.1 Å². The summed E-state index contributed by atoms with van der Waals surface area (Å²) in [5.74, 6) is 1.04. The third-order valence-electron chi connectivity index (χ3n) is 3.63. The van der Waals surface area contributed by atoms with Crippen LogP contribution in [0.4, 0.5) is 0 Å². The minimum absolute atomic E-state index is 0.253. The highest BCUT2D eigenvalue weighted by Crippen LogP contribution is 2.15. The largest absolute Gasteiger partial charge is 0.330 e. The Morgan fingerprint density at radius 3 is 2.80 bits per heavy atom. The van der Waals surface area contributed by atoms with Gasteiger partial charge in [0.2, 0.25) is 0 Å². The Labute approximate surface area is 118 Å². The highest BCUT2D eigenvalue weighted by Gasteiger charge is 2.09. The van der Waals surface area contributed by atoms with Gasteiger partial charge in [0.1, 0.15) is 5.82 Å². The van der Waals surface area contributed by atoms with Crippen LogP contribution in [0, 0.1) is 0 Å². The predicted octanol–water partition coefficient (Wildman–Crippen LogP) is 2.82. The highest BCUT2D eigenvalue weighted by molar-refractivity contribution is 5.75. The van der Waals surface area contributed by atoms with Crippen LogP contribution in [0.1, 0.15) is 24.4 Å². The molecule has 3 rings (SSSR count). The SMILES string of the molecule is C[C@@H](NCc1nc2ccccc2n1C)c1cccnc1. The monoisotopic (exact) mass is 266 g/mol. The van der Waals surface area contributed by atoms with Gasteiger partial charge in [-0.1, -0.05) is 18.2 Å². The van der Waals surface area contributed by atoms with Crippen molar-refractivity contribution in [2.24, 2.45) is 7.05 Å². The molecule has 0 saturated heterocycles. The average molecular weight is 266 g/mol. The summed E-state index contributed by atoms with van der Waals surface area (Å²) in [6, 6.07) is 12.5. The van der Waals surface area contributed by atoms with Gasteiger partial charge in [0.15, 0.2) is 0 Å². The number of hydrogen-bond donors (Lipinski definition) is 1. The van der Waals surface area contributed by atoms with Crippen LogP contribution in [-0.4, -0.2) is 14.5 Å². The zero-order valence-electron chi connectivity index (χ0n) is 11.7. The summed E-state index contributed by atoms with van der Waals surface area (Å²) in [5.41, 5.74) is 3.39. The topological polar surface area (TPSA) is 42.7 Å². The maximum absolute atomic E-state index is 4.66. The first-order valence-corrected chi connectivity index (χ1v) is 6.79. The van der Waals surface area contributed by atoms with Crippen molar-refractivity contribution in [3.63, 3.8) is 0 Å².